The molecule has 0 radical (unpaired) electrons. The van der Waals surface area contributed by atoms with Crippen LogP contribution in [0.5, 0.6) is 0 Å². The van der Waals surface area contributed by atoms with Crippen molar-refractivity contribution in [3.8, 4) is 6.07 Å². The van der Waals surface area contributed by atoms with Crippen LogP contribution in [0.3, 0.4) is 0 Å². The number of nitrogens with zero attached hydrogens (tertiary/aromatic N) is 2. The molecule has 4 nitrogen and oxygen atoms in total. The van der Waals surface area contributed by atoms with E-state index < -0.39 is 0 Å². The standard InChI is InChI=1S/C10H12ClN3OS/c11-9-8(6-12)10(16-14-9)13-4-3-7-2-1-5-15-7/h7,13H,1-5H2. The maximum atomic E-state index is 8.87. The van der Waals surface area contributed by atoms with E-state index in [4.69, 9.17) is 21.6 Å². The number of aromatic nitrogens is 1. The summed E-state index contributed by atoms with van der Waals surface area (Å²) in [6.07, 6.45) is 3.61. The van der Waals surface area contributed by atoms with E-state index in [1.807, 2.05) is 6.07 Å². The van der Waals surface area contributed by atoms with Gasteiger partial charge in [-0.25, -0.2) is 0 Å². The molecule has 0 aliphatic carbocycles. The van der Waals surface area contributed by atoms with Crippen LogP contribution in [0.4, 0.5) is 5.00 Å². The minimum atomic E-state index is 0.284. The Morgan fingerprint density at radius 1 is 1.69 bits per heavy atom. The van der Waals surface area contributed by atoms with Crippen molar-refractivity contribution in [2.75, 3.05) is 18.5 Å². The number of rotatable bonds is 4. The molecule has 1 N–H and O–H groups in total. The average Bonchev–Trinajstić information content (AvgIpc) is 2.89. The summed E-state index contributed by atoms with van der Waals surface area (Å²) < 4.78 is 9.44. The molecule has 1 atom stereocenters. The van der Waals surface area contributed by atoms with Gasteiger partial charge in [0.05, 0.1) is 6.10 Å². The normalized spacial score (nSPS) is 19.6. The minimum absolute atomic E-state index is 0.284. The Balaban J connectivity index is 1.82. The summed E-state index contributed by atoms with van der Waals surface area (Å²) in [6, 6.07) is 2.04. The zero-order valence-electron chi connectivity index (χ0n) is 8.70. The Labute approximate surface area is 103 Å². The van der Waals surface area contributed by atoms with Gasteiger partial charge in [0.2, 0.25) is 0 Å². The smallest absolute Gasteiger partial charge is 0.162 e. The van der Waals surface area contributed by atoms with Gasteiger partial charge in [-0.2, -0.15) is 9.64 Å². The summed E-state index contributed by atoms with van der Waals surface area (Å²) in [5, 5.41) is 13.1. The predicted octanol–water partition coefficient (Wildman–Crippen LogP) is 2.65. The van der Waals surface area contributed by atoms with Crippen molar-refractivity contribution in [1.82, 2.24) is 4.37 Å². The second-order valence-electron chi connectivity index (χ2n) is 3.64. The third-order valence-corrected chi connectivity index (χ3v) is 3.72. The lowest BCUT2D eigenvalue weighted by atomic mass is 10.2. The summed E-state index contributed by atoms with van der Waals surface area (Å²) in [5.74, 6) is 0. The maximum Gasteiger partial charge on any atom is 0.162 e. The van der Waals surface area contributed by atoms with E-state index in [2.05, 4.69) is 9.69 Å². The number of halogens is 1. The molecular formula is C10H12ClN3OS. The zero-order chi connectivity index (χ0) is 11.4. The molecule has 0 spiro atoms. The summed E-state index contributed by atoms with van der Waals surface area (Å²) in [4.78, 5) is 0. The monoisotopic (exact) mass is 257 g/mol. The van der Waals surface area contributed by atoms with Crippen molar-refractivity contribution in [2.45, 2.75) is 25.4 Å². The molecule has 86 valence electrons. The maximum absolute atomic E-state index is 8.87. The number of hydrogen-bond acceptors (Lipinski definition) is 5. The predicted molar refractivity (Wildman–Crippen MR) is 63.9 cm³/mol. The van der Waals surface area contributed by atoms with Gasteiger partial charge in [0.25, 0.3) is 0 Å². The van der Waals surface area contributed by atoms with Crippen molar-refractivity contribution in [1.29, 1.82) is 5.26 Å². The van der Waals surface area contributed by atoms with E-state index in [0.717, 1.165) is 37.4 Å². The largest absolute Gasteiger partial charge is 0.378 e. The van der Waals surface area contributed by atoms with Gasteiger partial charge in [0, 0.05) is 13.2 Å². The molecular weight excluding hydrogens is 246 g/mol. The molecule has 2 heterocycles. The summed E-state index contributed by atoms with van der Waals surface area (Å²) in [5.41, 5.74) is 0.444. The summed E-state index contributed by atoms with van der Waals surface area (Å²) in [7, 11) is 0. The van der Waals surface area contributed by atoms with Crippen LogP contribution in [-0.2, 0) is 4.74 Å². The molecule has 1 aromatic heterocycles. The van der Waals surface area contributed by atoms with Crippen LogP contribution >= 0.6 is 23.1 Å². The SMILES string of the molecule is N#Cc1c(Cl)nsc1NCCC1CCCO1. The molecule has 1 aliphatic heterocycles. The molecule has 16 heavy (non-hydrogen) atoms. The van der Waals surface area contributed by atoms with Gasteiger partial charge < -0.3 is 10.1 Å². The fourth-order valence-corrected chi connectivity index (χ4v) is 2.67. The van der Waals surface area contributed by atoms with Gasteiger partial charge in [-0.1, -0.05) is 11.6 Å². The Morgan fingerprint density at radius 2 is 2.56 bits per heavy atom. The van der Waals surface area contributed by atoms with Crippen molar-refractivity contribution in [3.63, 3.8) is 0 Å². The molecule has 1 fully saturated rings. The molecule has 1 unspecified atom stereocenters. The van der Waals surface area contributed by atoms with E-state index >= 15 is 0 Å². The van der Waals surface area contributed by atoms with Crippen LogP contribution in [0.1, 0.15) is 24.8 Å². The highest BCUT2D eigenvalue weighted by Gasteiger charge is 2.16. The molecule has 1 aromatic rings. The number of nitrogens with one attached hydrogen (secondary N) is 1. The Hall–Kier alpha value is -0.830. The van der Waals surface area contributed by atoms with Crippen LogP contribution < -0.4 is 5.32 Å². The molecule has 0 saturated carbocycles. The van der Waals surface area contributed by atoms with E-state index in [1.54, 1.807) is 0 Å². The lowest BCUT2D eigenvalue weighted by Crippen LogP contribution is -2.12. The third kappa shape index (κ3) is 2.64. The van der Waals surface area contributed by atoms with Crippen LogP contribution in [0.2, 0.25) is 5.15 Å². The summed E-state index contributed by atoms with van der Waals surface area (Å²) >= 11 is 6.99. The molecule has 6 heteroatoms. The van der Waals surface area contributed by atoms with E-state index in [0.29, 0.717) is 11.7 Å². The lowest BCUT2D eigenvalue weighted by Gasteiger charge is -2.09. The van der Waals surface area contributed by atoms with Gasteiger partial charge in [0.1, 0.15) is 16.6 Å². The van der Waals surface area contributed by atoms with E-state index in [9.17, 15) is 0 Å². The first-order valence-corrected chi connectivity index (χ1v) is 6.37. The highest BCUT2D eigenvalue weighted by Crippen LogP contribution is 2.27. The van der Waals surface area contributed by atoms with Gasteiger partial charge in [0.15, 0.2) is 5.15 Å². The minimum Gasteiger partial charge on any atom is -0.378 e. The Morgan fingerprint density at radius 3 is 3.25 bits per heavy atom. The fraction of sp³-hybridized carbons (Fsp3) is 0.600. The number of hydrogen-bond donors (Lipinski definition) is 1. The molecule has 1 saturated heterocycles. The van der Waals surface area contributed by atoms with Crippen LogP contribution in [0.25, 0.3) is 0 Å². The second-order valence-corrected chi connectivity index (χ2v) is 4.77. The van der Waals surface area contributed by atoms with Crippen LogP contribution in [-0.4, -0.2) is 23.6 Å². The second kappa shape index (κ2) is 5.48. The first kappa shape index (κ1) is 11.6. The van der Waals surface area contributed by atoms with Gasteiger partial charge in [-0.15, -0.1) is 0 Å². The molecule has 1 aliphatic rings. The number of anilines is 1. The highest BCUT2D eigenvalue weighted by atomic mass is 35.5. The molecule has 0 aromatic carbocycles. The van der Waals surface area contributed by atoms with Gasteiger partial charge in [-0.3, -0.25) is 0 Å². The van der Waals surface area contributed by atoms with Crippen molar-refractivity contribution in [2.24, 2.45) is 0 Å². The average molecular weight is 258 g/mol. The van der Waals surface area contributed by atoms with Crippen molar-refractivity contribution >= 4 is 28.1 Å². The van der Waals surface area contributed by atoms with E-state index in [1.165, 1.54) is 11.5 Å². The van der Waals surface area contributed by atoms with Crippen LogP contribution in [0.15, 0.2) is 0 Å². The third-order valence-electron chi connectivity index (χ3n) is 2.54. The summed E-state index contributed by atoms with van der Waals surface area (Å²) in [6.45, 7) is 1.67. The molecule has 2 rings (SSSR count). The van der Waals surface area contributed by atoms with Crippen molar-refractivity contribution < 1.29 is 4.74 Å². The molecule has 0 bridgehead atoms. The first-order chi connectivity index (χ1) is 7.81. The van der Waals surface area contributed by atoms with Crippen LogP contribution in [0, 0.1) is 11.3 Å². The Bertz CT molecular complexity index is 395. The quantitative estimate of drug-likeness (QED) is 0.901. The van der Waals surface area contributed by atoms with E-state index in [-0.39, 0.29) is 5.15 Å². The fourth-order valence-electron chi connectivity index (χ4n) is 1.71. The van der Waals surface area contributed by atoms with Crippen molar-refractivity contribution in [3.05, 3.63) is 10.7 Å². The van der Waals surface area contributed by atoms with Gasteiger partial charge >= 0.3 is 0 Å². The number of ether oxygens (including phenoxy) is 1. The zero-order valence-corrected chi connectivity index (χ0v) is 10.3. The lowest BCUT2D eigenvalue weighted by molar-refractivity contribution is 0.107. The Kier molecular flexibility index (Phi) is 3.99. The number of nitriles is 1. The topological polar surface area (TPSA) is 57.9 Å². The molecule has 0 amide bonds. The van der Waals surface area contributed by atoms with Gasteiger partial charge in [-0.05, 0) is 30.8 Å². The highest BCUT2D eigenvalue weighted by molar-refractivity contribution is 7.10. The first-order valence-electron chi connectivity index (χ1n) is 5.22.